The molecule has 0 aliphatic heterocycles. The topological polar surface area (TPSA) is 93.1 Å². The van der Waals surface area contributed by atoms with Crippen LogP contribution in [0.5, 0.6) is 0 Å². The lowest BCUT2D eigenvalue weighted by Gasteiger charge is -2.08. The van der Waals surface area contributed by atoms with Crippen molar-refractivity contribution < 1.29 is 9.00 Å². The summed E-state index contributed by atoms with van der Waals surface area (Å²) in [6.07, 6.45) is 2.18. The van der Waals surface area contributed by atoms with E-state index in [0.717, 1.165) is 5.56 Å². The van der Waals surface area contributed by atoms with Gasteiger partial charge in [0.2, 0.25) is 5.91 Å². The zero-order valence-electron chi connectivity index (χ0n) is 15.1. The molecular formula is C19H20N4O3S. The Labute approximate surface area is 159 Å². The minimum absolute atomic E-state index is 0.0580. The quantitative estimate of drug-likeness (QED) is 0.677. The van der Waals surface area contributed by atoms with E-state index >= 15 is 0 Å². The third-order valence-electron chi connectivity index (χ3n) is 4.05. The van der Waals surface area contributed by atoms with Gasteiger partial charge in [-0.25, -0.2) is 9.19 Å². The van der Waals surface area contributed by atoms with Crippen molar-refractivity contribution in [3.63, 3.8) is 0 Å². The van der Waals surface area contributed by atoms with Gasteiger partial charge in [0, 0.05) is 26.2 Å². The smallest absolute Gasteiger partial charge is 0.260 e. The number of fused-ring (bicyclic) bond motifs is 1. The predicted molar refractivity (Wildman–Crippen MR) is 106 cm³/mol. The summed E-state index contributed by atoms with van der Waals surface area (Å²) in [4.78, 5) is 27.9. The number of rotatable bonds is 6. The Morgan fingerprint density at radius 1 is 1.19 bits per heavy atom. The van der Waals surface area contributed by atoms with Gasteiger partial charge in [0.1, 0.15) is 11.0 Å². The van der Waals surface area contributed by atoms with Crippen LogP contribution in [0.3, 0.4) is 0 Å². The van der Waals surface area contributed by atoms with Gasteiger partial charge < -0.3 is 14.6 Å². The maximum absolute atomic E-state index is 12.6. The first-order chi connectivity index (χ1) is 12.9. The number of hydrogen-bond acceptors (Lipinski definition) is 4. The Bertz CT molecular complexity index is 1060. The fraction of sp³-hybridized carbons (Fsp3) is 0.211. The van der Waals surface area contributed by atoms with Crippen molar-refractivity contribution in [2.45, 2.75) is 18.2 Å². The molecule has 27 heavy (non-hydrogen) atoms. The van der Waals surface area contributed by atoms with Crippen LogP contribution >= 0.6 is 0 Å². The molecule has 0 spiro atoms. The van der Waals surface area contributed by atoms with Gasteiger partial charge in [-0.2, -0.15) is 0 Å². The molecule has 140 valence electrons. The maximum Gasteiger partial charge on any atom is 0.260 e. The Morgan fingerprint density at radius 2 is 1.93 bits per heavy atom. The first kappa shape index (κ1) is 18.8. The number of aryl methyl sites for hydroxylation is 1. The Kier molecular flexibility index (Phi) is 5.66. The van der Waals surface area contributed by atoms with E-state index in [1.807, 2.05) is 12.1 Å². The van der Waals surface area contributed by atoms with Crippen molar-refractivity contribution >= 4 is 33.5 Å². The van der Waals surface area contributed by atoms with Gasteiger partial charge in [-0.15, -0.1) is 0 Å². The summed E-state index contributed by atoms with van der Waals surface area (Å²) in [6, 6.07) is 12.5. The highest BCUT2D eigenvalue weighted by atomic mass is 32.2. The lowest BCUT2D eigenvalue weighted by Crippen LogP contribution is -2.22. The molecule has 0 radical (unpaired) electrons. The van der Waals surface area contributed by atoms with Gasteiger partial charge in [0.05, 0.1) is 22.1 Å². The average molecular weight is 384 g/mol. The van der Waals surface area contributed by atoms with Crippen molar-refractivity contribution in [3.05, 3.63) is 64.7 Å². The molecule has 3 aromatic rings. The summed E-state index contributed by atoms with van der Waals surface area (Å²) in [5, 5.41) is 3.21. The first-order valence-corrected chi connectivity index (χ1v) is 9.56. The van der Waals surface area contributed by atoms with E-state index in [1.165, 1.54) is 17.8 Å². The molecule has 2 aromatic carbocycles. The number of hydrogen-bond donors (Lipinski definition) is 2. The Balaban J connectivity index is 1.71. The second-order valence-corrected chi connectivity index (χ2v) is 7.35. The molecular weight excluding hydrogens is 364 g/mol. The molecule has 0 saturated heterocycles. The fourth-order valence-electron chi connectivity index (χ4n) is 2.60. The third-order valence-corrected chi connectivity index (χ3v) is 5.17. The van der Waals surface area contributed by atoms with Crippen LogP contribution in [0.15, 0.2) is 58.5 Å². The normalized spacial score (nSPS) is 11.9. The number of nitrogens with zero attached hydrogens (tertiary/aromatic N) is 2. The number of amides is 1. The molecule has 0 aliphatic rings. The minimum atomic E-state index is -1.46. The summed E-state index contributed by atoms with van der Waals surface area (Å²) in [5.74, 6) is -0.0580. The van der Waals surface area contributed by atoms with Crippen molar-refractivity contribution in [1.29, 1.82) is 0 Å². The summed E-state index contributed by atoms with van der Waals surface area (Å²) < 4.78 is 16.9. The lowest BCUT2D eigenvalue weighted by atomic mass is 10.1. The summed E-state index contributed by atoms with van der Waals surface area (Å²) in [7, 11) is 0.180. The van der Waals surface area contributed by atoms with E-state index in [2.05, 4.69) is 15.0 Å². The van der Waals surface area contributed by atoms with Gasteiger partial charge >= 0.3 is 0 Å². The van der Waals surface area contributed by atoms with Crippen LogP contribution in [0.2, 0.25) is 0 Å². The molecule has 0 aliphatic carbocycles. The monoisotopic (exact) mass is 384 g/mol. The highest BCUT2D eigenvalue weighted by Gasteiger charge is 2.07. The van der Waals surface area contributed by atoms with E-state index in [4.69, 9.17) is 0 Å². The molecule has 3 rings (SSSR count). The number of carbonyl (C=O) groups is 1. The molecule has 1 heterocycles. The molecule has 2 N–H and O–H groups in total. The molecule has 0 bridgehead atoms. The van der Waals surface area contributed by atoms with Crippen LogP contribution in [0.25, 0.3) is 10.9 Å². The van der Waals surface area contributed by atoms with Crippen molar-refractivity contribution in [2.75, 3.05) is 11.3 Å². The van der Waals surface area contributed by atoms with E-state index in [1.54, 1.807) is 37.4 Å². The van der Waals surface area contributed by atoms with Crippen LogP contribution in [0.4, 0.5) is 5.69 Å². The highest BCUT2D eigenvalue weighted by molar-refractivity contribution is 7.86. The van der Waals surface area contributed by atoms with Gasteiger partial charge in [0.25, 0.3) is 5.56 Å². The minimum Gasteiger partial charge on any atom is -0.356 e. The maximum atomic E-state index is 12.6. The predicted octanol–water partition coefficient (Wildman–Crippen LogP) is 1.75. The summed E-state index contributed by atoms with van der Waals surface area (Å²) >= 11 is 0. The summed E-state index contributed by atoms with van der Waals surface area (Å²) in [5.41, 5.74) is 2.07. The first-order valence-electron chi connectivity index (χ1n) is 8.41. The molecule has 8 heteroatoms. The van der Waals surface area contributed by atoms with Gasteiger partial charge in [-0.1, -0.05) is 12.1 Å². The van der Waals surface area contributed by atoms with Gasteiger partial charge in [0.15, 0.2) is 0 Å². The number of nitrogens with one attached hydrogen (secondary N) is 2. The van der Waals surface area contributed by atoms with E-state index in [9.17, 15) is 13.8 Å². The van der Waals surface area contributed by atoms with Crippen LogP contribution in [-0.2, 0) is 29.2 Å². The van der Waals surface area contributed by atoms with Crippen LogP contribution in [0.1, 0.15) is 12.5 Å². The lowest BCUT2D eigenvalue weighted by molar-refractivity contribution is -0.118. The Morgan fingerprint density at radius 3 is 2.63 bits per heavy atom. The van der Waals surface area contributed by atoms with Crippen molar-refractivity contribution in [2.24, 2.45) is 7.05 Å². The molecule has 0 fully saturated rings. The number of aromatic nitrogens is 2. The Hall–Kier alpha value is -3.00. The average Bonchev–Trinajstić information content (AvgIpc) is 2.65. The number of anilines is 1. The van der Waals surface area contributed by atoms with Crippen LogP contribution < -0.4 is 15.6 Å². The molecule has 7 nitrogen and oxygen atoms in total. The standard InChI is InChI=1S/C19H20N4O3S/c1-13(24)20-10-9-14-3-6-16(7-4-14)27(26)22-15-5-8-18-17(11-15)19(25)23(2)12-21-18/h3-8,11-12,22H,9-10H2,1-2H3,(H,20,24). The molecule has 1 amide bonds. The van der Waals surface area contributed by atoms with Gasteiger partial charge in [-0.3, -0.25) is 9.59 Å². The fourth-order valence-corrected chi connectivity index (χ4v) is 3.45. The van der Waals surface area contributed by atoms with E-state index in [0.29, 0.717) is 34.5 Å². The second-order valence-electron chi connectivity index (χ2n) is 6.14. The highest BCUT2D eigenvalue weighted by Crippen LogP contribution is 2.17. The molecule has 1 atom stereocenters. The van der Waals surface area contributed by atoms with Crippen molar-refractivity contribution in [3.8, 4) is 0 Å². The van der Waals surface area contributed by atoms with Crippen LogP contribution in [-0.4, -0.2) is 26.2 Å². The molecule has 1 aromatic heterocycles. The zero-order valence-corrected chi connectivity index (χ0v) is 15.9. The second kappa shape index (κ2) is 8.13. The van der Waals surface area contributed by atoms with Gasteiger partial charge in [-0.05, 0) is 42.3 Å². The van der Waals surface area contributed by atoms with E-state index < -0.39 is 11.0 Å². The van der Waals surface area contributed by atoms with Crippen molar-refractivity contribution in [1.82, 2.24) is 14.9 Å². The zero-order chi connectivity index (χ0) is 19.4. The third kappa shape index (κ3) is 4.59. The molecule has 0 saturated carbocycles. The largest absolute Gasteiger partial charge is 0.356 e. The SMILES string of the molecule is CC(=O)NCCc1ccc(S(=O)Nc2ccc3ncn(C)c(=O)c3c2)cc1. The van der Waals surface area contributed by atoms with Crippen LogP contribution in [0, 0.1) is 0 Å². The number of benzene rings is 2. The number of carbonyl (C=O) groups excluding carboxylic acids is 1. The van der Waals surface area contributed by atoms with E-state index in [-0.39, 0.29) is 11.5 Å². The summed E-state index contributed by atoms with van der Waals surface area (Å²) in [6.45, 7) is 2.05. The molecule has 1 unspecified atom stereocenters.